The van der Waals surface area contributed by atoms with Gasteiger partial charge in [0, 0.05) is 30.4 Å². The third-order valence-corrected chi connectivity index (χ3v) is 4.87. The quantitative estimate of drug-likeness (QED) is 0.877. The van der Waals surface area contributed by atoms with E-state index in [0.29, 0.717) is 12.5 Å². The lowest BCUT2D eigenvalue weighted by Crippen LogP contribution is -2.33. The molecule has 1 aliphatic carbocycles. The number of carbonyl (C=O) groups is 1. The lowest BCUT2D eigenvalue weighted by molar-refractivity contribution is -0.117. The maximum Gasteiger partial charge on any atom is 0.247 e. The number of nitrogens with one attached hydrogen (secondary N) is 2. The number of hydrogen-bond acceptors (Lipinski definition) is 2. The highest BCUT2D eigenvalue weighted by molar-refractivity contribution is 5.95. The van der Waals surface area contributed by atoms with Gasteiger partial charge in [0.05, 0.1) is 0 Å². The number of aromatic nitrogens is 1. The van der Waals surface area contributed by atoms with E-state index < -0.39 is 0 Å². The Morgan fingerprint density at radius 2 is 2.12 bits per heavy atom. The number of aryl methyl sites for hydroxylation is 1. The van der Waals surface area contributed by atoms with Crippen molar-refractivity contribution in [3.05, 3.63) is 53.2 Å². The van der Waals surface area contributed by atoms with Gasteiger partial charge < -0.3 is 15.2 Å². The molecule has 0 fully saturated rings. The fraction of sp³-hybridized carbons (Fsp3) is 0.381. The van der Waals surface area contributed by atoms with E-state index in [1.165, 1.54) is 27.6 Å². The van der Waals surface area contributed by atoms with Crippen LogP contribution in [-0.2, 0) is 4.79 Å². The molecule has 2 aromatic rings. The Labute approximate surface area is 149 Å². The molecule has 1 amide bonds. The molecule has 3 rings (SSSR count). The molecule has 132 valence electrons. The Balaban J connectivity index is 1.80. The van der Waals surface area contributed by atoms with Crippen LogP contribution in [0.15, 0.2) is 42.1 Å². The fourth-order valence-corrected chi connectivity index (χ4v) is 3.41. The summed E-state index contributed by atoms with van der Waals surface area (Å²) in [6.45, 7) is 5.88. The number of benzene rings is 1. The van der Waals surface area contributed by atoms with Crippen LogP contribution in [0.2, 0.25) is 0 Å². The van der Waals surface area contributed by atoms with E-state index in [4.69, 9.17) is 0 Å². The van der Waals surface area contributed by atoms with Gasteiger partial charge in [-0.05, 0) is 73.6 Å². The highest BCUT2D eigenvalue weighted by Gasteiger charge is 2.21. The van der Waals surface area contributed by atoms with E-state index in [1.54, 1.807) is 0 Å². The average Bonchev–Trinajstić information content (AvgIpc) is 3.01. The van der Waals surface area contributed by atoms with E-state index in [1.807, 2.05) is 26.4 Å². The van der Waals surface area contributed by atoms with E-state index in [0.717, 1.165) is 18.5 Å². The number of amides is 1. The van der Waals surface area contributed by atoms with Gasteiger partial charge in [-0.3, -0.25) is 4.79 Å². The molecule has 25 heavy (non-hydrogen) atoms. The topological polar surface area (TPSA) is 48.1 Å². The largest absolute Gasteiger partial charge is 0.361 e. The molecule has 0 saturated heterocycles. The van der Waals surface area contributed by atoms with Crippen LogP contribution in [0.1, 0.15) is 24.5 Å². The summed E-state index contributed by atoms with van der Waals surface area (Å²) in [5.74, 6) is 0.386. The molecule has 1 heterocycles. The van der Waals surface area contributed by atoms with Crippen molar-refractivity contribution in [2.75, 3.05) is 27.2 Å². The summed E-state index contributed by atoms with van der Waals surface area (Å²) in [6.07, 6.45) is 6.86. The lowest BCUT2D eigenvalue weighted by Gasteiger charge is -2.23. The molecular formula is C21H27N3O. The molecule has 1 aliphatic rings. The van der Waals surface area contributed by atoms with Gasteiger partial charge in [0.15, 0.2) is 0 Å². The number of likely N-dealkylation sites (N-methyl/N-ethyl adjacent to an activating group) is 1. The minimum Gasteiger partial charge on any atom is -0.361 e. The summed E-state index contributed by atoms with van der Waals surface area (Å²) in [7, 11) is 4.01. The second kappa shape index (κ2) is 7.28. The standard InChI is InChI=1S/C21H27N3O/c1-14-11-17(21(25)23-9-10-24(3)4)5-6-18(14)19-13-16-7-8-22-20(16)12-15(19)2/h5-8,12-14,22H,9-11H2,1-4H3,(H,23,25). The molecule has 0 bridgehead atoms. The zero-order valence-electron chi connectivity index (χ0n) is 15.5. The predicted molar refractivity (Wildman–Crippen MR) is 104 cm³/mol. The molecule has 0 aliphatic heterocycles. The number of H-pyrrole nitrogens is 1. The van der Waals surface area contributed by atoms with Crippen molar-refractivity contribution in [3.63, 3.8) is 0 Å². The molecule has 4 heteroatoms. The molecule has 0 radical (unpaired) electrons. The van der Waals surface area contributed by atoms with Gasteiger partial charge in [-0.1, -0.05) is 19.1 Å². The Morgan fingerprint density at radius 1 is 1.32 bits per heavy atom. The highest BCUT2D eigenvalue weighted by atomic mass is 16.1. The summed E-state index contributed by atoms with van der Waals surface area (Å²) in [5.41, 5.74) is 5.89. The van der Waals surface area contributed by atoms with Crippen LogP contribution < -0.4 is 5.32 Å². The third kappa shape index (κ3) is 3.85. The summed E-state index contributed by atoms with van der Waals surface area (Å²) < 4.78 is 0. The van der Waals surface area contributed by atoms with Crippen molar-refractivity contribution in [2.45, 2.75) is 20.3 Å². The number of aromatic amines is 1. The number of nitrogens with zero attached hydrogens (tertiary/aromatic N) is 1. The van der Waals surface area contributed by atoms with Crippen LogP contribution in [0.25, 0.3) is 16.5 Å². The maximum absolute atomic E-state index is 12.3. The Morgan fingerprint density at radius 3 is 2.84 bits per heavy atom. The number of fused-ring (bicyclic) bond motifs is 1. The predicted octanol–water partition coefficient (Wildman–Crippen LogP) is 3.50. The summed E-state index contributed by atoms with van der Waals surface area (Å²) in [4.78, 5) is 17.7. The van der Waals surface area contributed by atoms with Crippen LogP contribution in [0, 0.1) is 12.8 Å². The van der Waals surface area contributed by atoms with E-state index in [9.17, 15) is 4.79 Å². The second-order valence-corrected chi connectivity index (χ2v) is 7.21. The summed E-state index contributed by atoms with van der Waals surface area (Å²) >= 11 is 0. The highest BCUT2D eigenvalue weighted by Crippen LogP contribution is 2.35. The van der Waals surface area contributed by atoms with Crippen molar-refractivity contribution in [1.82, 2.24) is 15.2 Å². The third-order valence-electron chi connectivity index (χ3n) is 4.87. The zero-order valence-corrected chi connectivity index (χ0v) is 15.5. The summed E-state index contributed by atoms with van der Waals surface area (Å²) in [6, 6.07) is 6.55. The number of hydrogen-bond donors (Lipinski definition) is 2. The molecule has 1 aromatic heterocycles. The molecule has 2 N–H and O–H groups in total. The van der Waals surface area contributed by atoms with Gasteiger partial charge in [0.1, 0.15) is 0 Å². The lowest BCUT2D eigenvalue weighted by atomic mass is 9.82. The van der Waals surface area contributed by atoms with Crippen LogP contribution in [0.5, 0.6) is 0 Å². The smallest absolute Gasteiger partial charge is 0.247 e. The average molecular weight is 337 g/mol. The molecule has 0 spiro atoms. The van der Waals surface area contributed by atoms with Crippen LogP contribution in [-0.4, -0.2) is 43.0 Å². The monoisotopic (exact) mass is 337 g/mol. The number of rotatable bonds is 5. The van der Waals surface area contributed by atoms with Crippen LogP contribution >= 0.6 is 0 Å². The van der Waals surface area contributed by atoms with E-state index >= 15 is 0 Å². The molecule has 1 atom stereocenters. The Hall–Kier alpha value is -2.33. The molecule has 0 saturated carbocycles. The number of carbonyl (C=O) groups excluding carboxylic acids is 1. The molecule has 1 unspecified atom stereocenters. The van der Waals surface area contributed by atoms with Crippen molar-refractivity contribution in [3.8, 4) is 0 Å². The molecule has 4 nitrogen and oxygen atoms in total. The van der Waals surface area contributed by atoms with Gasteiger partial charge in [-0.2, -0.15) is 0 Å². The first-order chi connectivity index (χ1) is 12.0. The van der Waals surface area contributed by atoms with Gasteiger partial charge in [-0.25, -0.2) is 0 Å². The molecular weight excluding hydrogens is 310 g/mol. The number of allylic oxidation sites excluding steroid dienone is 3. The van der Waals surface area contributed by atoms with E-state index in [2.05, 4.69) is 53.3 Å². The van der Waals surface area contributed by atoms with Crippen LogP contribution in [0.3, 0.4) is 0 Å². The van der Waals surface area contributed by atoms with Crippen molar-refractivity contribution in [1.29, 1.82) is 0 Å². The Kier molecular flexibility index (Phi) is 5.09. The van der Waals surface area contributed by atoms with Crippen molar-refractivity contribution >= 4 is 22.4 Å². The SMILES string of the molecule is Cc1cc2[nH]ccc2cc1C1=CC=C(C(=O)NCCN(C)C)CC1C. The van der Waals surface area contributed by atoms with Crippen LogP contribution in [0.4, 0.5) is 0 Å². The van der Waals surface area contributed by atoms with Crippen molar-refractivity contribution in [2.24, 2.45) is 5.92 Å². The van der Waals surface area contributed by atoms with Gasteiger partial charge in [0.25, 0.3) is 0 Å². The maximum atomic E-state index is 12.3. The van der Waals surface area contributed by atoms with Crippen molar-refractivity contribution < 1.29 is 4.79 Å². The fourth-order valence-electron chi connectivity index (χ4n) is 3.41. The first kappa shape index (κ1) is 17.5. The minimum atomic E-state index is 0.0572. The first-order valence-corrected chi connectivity index (χ1v) is 8.87. The molecule has 1 aromatic carbocycles. The van der Waals surface area contributed by atoms with E-state index in [-0.39, 0.29) is 5.91 Å². The second-order valence-electron chi connectivity index (χ2n) is 7.21. The zero-order chi connectivity index (χ0) is 18.0. The van der Waals surface area contributed by atoms with Gasteiger partial charge in [-0.15, -0.1) is 0 Å². The normalized spacial score (nSPS) is 17.6. The minimum absolute atomic E-state index is 0.0572. The van der Waals surface area contributed by atoms with Gasteiger partial charge in [0.2, 0.25) is 5.91 Å². The van der Waals surface area contributed by atoms with Gasteiger partial charge >= 0.3 is 0 Å². The Bertz CT molecular complexity index is 842. The first-order valence-electron chi connectivity index (χ1n) is 8.87. The summed E-state index contributed by atoms with van der Waals surface area (Å²) in [5, 5.41) is 4.24.